The van der Waals surface area contributed by atoms with E-state index in [2.05, 4.69) is 15.0 Å². The number of amides is 1. The molecule has 10 heteroatoms. The molecular formula is C20H22FN3O4S2. The third kappa shape index (κ3) is 4.94. The van der Waals surface area contributed by atoms with Crippen molar-refractivity contribution in [1.82, 2.24) is 10.3 Å². The number of aliphatic hydroxyl groups is 1. The first-order valence-electron chi connectivity index (χ1n) is 9.34. The Morgan fingerprint density at radius 3 is 2.57 bits per heavy atom. The Labute approximate surface area is 178 Å². The Morgan fingerprint density at radius 1 is 1.23 bits per heavy atom. The molecule has 0 aliphatic rings. The van der Waals surface area contributed by atoms with Crippen LogP contribution in [0.5, 0.6) is 0 Å². The van der Waals surface area contributed by atoms with Crippen molar-refractivity contribution in [2.24, 2.45) is 5.92 Å². The van der Waals surface area contributed by atoms with Crippen LogP contribution in [0.1, 0.15) is 30.6 Å². The van der Waals surface area contributed by atoms with Gasteiger partial charge in [0.1, 0.15) is 5.82 Å². The van der Waals surface area contributed by atoms with Gasteiger partial charge in [-0.2, -0.15) is 0 Å². The van der Waals surface area contributed by atoms with E-state index in [9.17, 15) is 22.7 Å². The number of carbonyl (C=O) groups is 1. The topological polar surface area (TPSA) is 108 Å². The van der Waals surface area contributed by atoms with E-state index in [0.29, 0.717) is 15.8 Å². The standard InChI is InChI=1S/C20H22FN3O4S2/c1-3-12(2)17(11-25)22-19(26)13-4-9-16-18(10-13)29-20(23-16)24-30(27,28)15-7-5-14(21)6-8-15/h4-10,12,17,25H,3,11H2,1-2H3,(H,22,26)(H,23,24). The summed E-state index contributed by atoms with van der Waals surface area (Å²) in [4.78, 5) is 16.7. The van der Waals surface area contributed by atoms with Crippen LogP contribution in [-0.4, -0.2) is 37.1 Å². The van der Waals surface area contributed by atoms with Gasteiger partial charge in [0, 0.05) is 5.56 Å². The number of rotatable bonds is 8. The Morgan fingerprint density at radius 2 is 1.93 bits per heavy atom. The van der Waals surface area contributed by atoms with Crippen LogP contribution in [0.25, 0.3) is 10.2 Å². The molecule has 2 atom stereocenters. The van der Waals surface area contributed by atoms with Crippen molar-refractivity contribution in [3.63, 3.8) is 0 Å². The van der Waals surface area contributed by atoms with Crippen LogP contribution in [-0.2, 0) is 10.0 Å². The molecule has 160 valence electrons. The molecule has 0 aliphatic heterocycles. The van der Waals surface area contributed by atoms with Gasteiger partial charge in [-0.15, -0.1) is 0 Å². The minimum atomic E-state index is -3.91. The molecule has 3 rings (SSSR count). The molecule has 0 aliphatic carbocycles. The molecule has 3 aromatic rings. The molecule has 7 nitrogen and oxygen atoms in total. The van der Waals surface area contributed by atoms with Gasteiger partial charge in [-0.25, -0.2) is 17.8 Å². The Balaban J connectivity index is 1.80. The predicted molar refractivity (Wildman–Crippen MR) is 115 cm³/mol. The van der Waals surface area contributed by atoms with Crippen LogP contribution in [0.2, 0.25) is 0 Å². The van der Waals surface area contributed by atoms with E-state index < -0.39 is 15.8 Å². The molecule has 0 saturated carbocycles. The summed E-state index contributed by atoms with van der Waals surface area (Å²) in [6.07, 6.45) is 0.816. The van der Waals surface area contributed by atoms with Gasteiger partial charge < -0.3 is 10.4 Å². The third-order valence-electron chi connectivity index (χ3n) is 4.84. The summed E-state index contributed by atoms with van der Waals surface area (Å²) < 4.78 is 41.0. The zero-order valence-corrected chi connectivity index (χ0v) is 18.1. The number of sulfonamides is 1. The summed E-state index contributed by atoms with van der Waals surface area (Å²) in [5.74, 6) is -0.729. The largest absolute Gasteiger partial charge is 0.394 e. The number of nitrogens with one attached hydrogen (secondary N) is 2. The highest BCUT2D eigenvalue weighted by Crippen LogP contribution is 2.28. The second-order valence-corrected chi connectivity index (χ2v) is 9.62. The second kappa shape index (κ2) is 9.07. The summed E-state index contributed by atoms with van der Waals surface area (Å²) in [6.45, 7) is 3.78. The lowest BCUT2D eigenvalue weighted by atomic mass is 9.99. The summed E-state index contributed by atoms with van der Waals surface area (Å²) >= 11 is 1.08. The number of anilines is 1. The lowest BCUT2D eigenvalue weighted by Gasteiger charge is -2.22. The molecule has 1 heterocycles. The van der Waals surface area contributed by atoms with E-state index >= 15 is 0 Å². The second-order valence-electron chi connectivity index (χ2n) is 6.91. The molecule has 1 amide bonds. The van der Waals surface area contributed by atoms with Gasteiger partial charge in [-0.1, -0.05) is 31.6 Å². The van der Waals surface area contributed by atoms with Gasteiger partial charge in [0.15, 0.2) is 5.13 Å². The first kappa shape index (κ1) is 22.1. The van der Waals surface area contributed by atoms with E-state index in [0.717, 1.165) is 29.9 Å². The van der Waals surface area contributed by atoms with Crippen LogP contribution in [0.3, 0.4) is 0 Å². The van der Waals surface area contributed by atoms with Gasteiger partial charge in [0.25, 0.3) is 15.9 Å². The zero-order valence-electron chi connectivity index (χ0n) is 16.4. The van der Waals surface area contributed by atoms with Gasteiger partial charge >= 0.3 is 0 Å². The van der Waals surface area contributed by atoms with Gasteiger partial charge in [-0.3, -0.25) is 9.52 Å². The lowest BCUT2D eigenvalue weighted by molar-refractivity contribution is 0.0891. The minimum absolute atomic E-state index is 0.0803. The predicted octanol–water partition coefficient (Wildman–Crippen LogP) is 3.37. The molecule has 2 aromatic carbocycles. The molecule has 0 spiro atoms. The van der Waals surface area contributed by atoms with Crippen molar-refractivity contribution in [3.05, 3.63) is 53.8 Å². The van der Waals surface area contributed by atoms with Gasteiger partial charge in [0.2, 0.25) is 0 Å². The van der Waals surface area contributed by atoms with E-state index in [-0.39, 0.29) is 34.5 Å². The number of hydrogen-bond donors (Lipinski definition) is 3. The van der Waals surface area contributed by atoms with Crippen molar-refractivity contribution in [1.29, 1.82) is 0 Å². The minimum Gasteiger partial charge on any atom is -0.394 e. The first-order valence-corrected chi connectivity index (χ1v) is 11.6. The third-order valence-corrected chi connectivity index (χ3v) is 7.26. The normalized spacial score (nSPS) is 13.7. The Bertz CT molecular complexity index is 1150. The highest BCUT2D eigenvalue weighted by Gasteiger charge is 2.20. The lowest BCUT2D eigenvalue weighted by Crippen LogP contribution is -2.41. The fourth-order valence-electron chi connectivity index (χ4n) is 2.80. The maximum absolute atomic E-state index is 13.0. The number of aromatic nitrogens is 1. The number of thiazole rings is 1. The fraction of sp³-hybridized carbons (Fsp3) is 0.300. The van der Waals surface area contributed by atoms with Crippen LogP contribution in [0.15, 0.2) is 47.4 Å². The maximum atomic E-state index is 13.0. The molecule has 0 bridgehead atoms. The van der Waals surface area contributed by atoms with Crippen molar-refractivity contribution < 1.29 is 22.7 Å². The first-order chi connectivity index (χ1) is 14.2. The van der Waals surface area contributed by atoms with Crippen LogP contribution in [0, 0.1) is 11.7 Å². The molecule has 0 fully saturated rings. The number of nitrogens with zero attached hydrogens (tertiary/aromatic N) is 1. The number of carbonyl (C=O) groups excluding carboxylic acids is 1. The van der Waals surface area contributed by atoms with E-state index in [1.54, 1.807) is 18.2 Å². The van der Waals surface area contributed by atoms with E-state index in [1.807, 2.05) is 13.8 Å². The number of aliphatic hydroxyl groups excluding tert-OH is 1. The summed E-state index contributed by atoms with van der Waals surface area (Å²) in [6, 6.07) is 8.98. The highest BCUT2D eigenvalue weighted by molar-refractivity contribution is 7.93. The Hall–Kier alpha value is -2.56. The van der Waals surface area contributed by atoms with Crippen LogP contribution in [0.4, 0.5) is 9.52 Å². The number of halogens is 1. The van der Waals surface area contributed by atoms with Crippen LogP contribution < -0.4 is 10.0 Å². The smallest absolute Gasteiger partial charge is 0.263 e. The zero-order chi connectivity index (χ0) is 21.9. The van der Waals surface area contributed by atoms with Crippen molar-refractivity contribution in [2.75, 3.05) is 11.3 Å². The average molecular weight is 452 g/mol. The fourth-order valence-corrected chi connectivity index (χ4v) is 4.94. The summed E-state index contributed by atoms with van der Waals surface area (Å²) in [5.41, 5.74) is 0.926. The molecular weight excluding hydrogens is 429 g/mol. The number of fused-ring (bicyclic) bond motifs is 1. The number of benzene rings is 2. The van der Waals surface area contributed by atoms with Crippen molar-refractivity contribution in [3.8, 4) is 0 Å². The van der Waals surface area contributed by atoms with Crippen molar-refractivity contribution >= 4 is 42.6 Å². The van der Waals surface area contributed by atoms with E-state index in [1.165, 1.54) is 12.1 Å². The SMILES string of the molecule is CCC(C)C(CO)NC(=O)c1ccc2nc(NS(=O)(=O)c3ccc(F)cc3)sc2c1. The molecule has 0 radical (unpaired) electrons. The molecule has 1 aromatic heterocycles. The van der Waals surface area contributed by atoms with Crippen molar-refractivity contribution in [2.45, 2.75) is 31.2 Å². The Kier molecular flexibility index (Phi) is 6.69. The van der Waals surface area contributed by atoms with Gasteiger partial charge in [0.05, 0.1) is 27.8 Å². The van der Waals surface area contributed by atoms with E-state index in [4.69, 9.17) is 0 Å². The molecule has 30 heavy (non-hydrogen) atoms. The molecule has 3 N–H and O–H groups in total. The highest BCUT2D eigenvalue weighted by atomic mass is 32.2. The average Bonchev–Trinajstić information content (AvgIpc) is 3.12. The maximum Gasteiger partial charge on any atom is 0.263 e. The summed E-state index contributed by atoms with van der Waals surface area (Å²) in [7, 11) is -3.91. The monoisotopic (exact) mass is 451 g/mol. The quantitative estimate of drug-likeness (QED) is 0.487. The molecule has 0 saturated heterocycles. The van der Waals surface area contributed by atoms with Crippen LogP contribution >= 0.6 is 11.3 Å². The number of hydrogen-bond acceptors (Lipinski definition) is 6. The summed E-state index contributed by atoms with van der Waals surface area (Å²) in [5, 5.41) is 12.5. The van der Waals surface area contributed by atoms with Gasteiger partial charge in [-0.05, 0) is 48.4 Å². The molecule has 2 unspecified atom stereocenters.